The van der Waals surface area contributed by atoms with Crippen molar-refractivity contribution in [2.75, 3.05) is 0 Å². The van der Waals surface area contributed by atoms with Crippen LogP contribution in [0.1, 0.15) is 36.2 Å². The van der Waals surface area contributed by atoms with Crippen LogP contribution in [0.5, 0.6) is 0 Å². The van der Waals surface area contributed by atoms with Gasteiger partial charge in [-0.15, -0.1) is 0 Å². The molecular formula is C50H36N2S2. The van der Waals surface area contributed by atoms with E-state index < -0.39 is 0 Å². The molecule has 0 amide bonds. The first-order chi connectivity index (χ1) is 26.4. The highest BCUT2D eigenvalue weighted by Gasteiger charge is 2.38. The molecule has 0 unspecified atom stereocenters. The third-order valence-corrected chi connectivity index (χ3v) is 13.5. The summed E-state index contributed by atoms with van der Waals surface area (Å²) in [6.07, 6.45) is 3.96. The molecule has 2 nitrogen and oxygen atoms in total. The molecule has 8 aromatic rings. The molecule has 0 saturated carbocycles. The van der Waals surface area contributed by atoms with Gasteiger partial charge in [0, 0.05) is 52.8 Å². The summed E-state index contributed by atoms with van der Waals surface area (Å²) >= 11 is 3.77. The summed E-state index contributed by atoms with van der Waals surface area (Å²) in [6, 6.07) is 52.6. The summed E-state index contributed by atoms with van der Waals surface area (Å²) in [5.41, 5.74) is 15.8. The van der Waals surface area contributed by atoms with Gasteiger partial charge < -0.3 is 4.57 Å². The number of pyridine rings is 1. The monoisotopic (exact) mass is 728 g/mol. The van der Waals surface area contributed by atoms with Gasteiger partial charge in [0.15, 0.2) is 0 Å². The zero-order valence-electron chi connectivity index (χ0n) is 30.1. The fraction of sp³-hybridized carbons (Fsp3) is 0.0600. The summed E-state index contributed by atoms with van der Waals surface area (Å²) in [7, 11) is 0. The number of hydrogen-bond acceptors (Lipinski definition) is 3. The number of aromatic nitrogens is 2. The Morgan fingerprint density at radius 1 is 0.537 bits per heavy atom. The molecule has 6 aromatic carbocycles. The van der Waals surface area contributed by atoms with E-state index in [1.165, 1.54) is 47.2 Å². The Morgan fingerprint density at radius 2 is 1.13 bits per heavy atom. The van der Waals surface area contributed by atoms with E-state index >= 15 is 0 Å². The van der Waals surface area contributed by atoms with Crippen molar-refractivity contribution in [1.29, 1.82) is 0 Å². The van der Waals surface area contributed by atoms with Crippen molar-refractivity contribution in [3.63, 3.8) is 0 Å². The largest absolute Gasteiger partial charge is 0.309 e. The minimum Gasteiger partial charge on any atom is -0.309 e. The molecule has 0 saturated heterocycles. The predicted octanol–water partition coefficient (Wildman–Crippen LogP) is 14.2. The van der Waals surface area contributed by atoms with Crippen molar-refractivity contribution >= 4 is 46.6 Å². The van der Waals surface area contributed by atoms with Crippen molar-refractivity contribution in [3.8, 4) is 50.5 Å². The van der Waals surface area contributed by atoms with Gasteiger partial charge in [0.05, 0.1) is 22.6 Å². The van der Waals surface area contributed by atoms with Crippen LogP contribution in [0.3, 0.4) is 0 Å². The van der Waals surface area contributed by atoms with Crippen LogP contribution in [0.4, 0.5) is 0 Å². The van der Waals surface area contributed by atoms with Crippen LogP contribution >= 0.6 is 23.5 Å². The maximum atomic E-state index is 5.25. The van der Waals surface area contributed by atoms with Gasteiger partial charge in [-0.1, -0.05) is 142 Å². The lowest BCUT2D eigenvalue weighted by Gasteiger charge is -2.24. The molecule has 0 bridgehead atoms. The zero-order chi connectivity index (χ0) is 36.6. The molecule has 0 N–H and O–H groups in total. The Hall–Kier alpha value is -5.81. The third-order valence-electron chi connectivity index (χ3n) is 11.0. The fourth-order valence-electron chi connectivity index (χ4n) is 8.31. The van der Waals surface area contributed by atoms with Crippen molar-refractivity contribution in [1.82, 2.24) is 9.55 Å². The maximum Gasteiger partial charge on any atom is 0.0716 e. The number of nitrogens with zero attached hydrogens (tertiary/aromatic N) is 2. The Kier molecular flexibility index (Phi) is 7.69. The van der Waals surface area contributed by atoms with Crippen molar-refractivity contribution in [2.24, 2.45) is 0 Å². The SMILES string of the molecule is C=Cc1c(C=C)n(-c2cccc(-c3cc(-c4ccccc4)cc(-c4ccccc4)n3)c2)c2cc3c(cc12)C(C)(C)c1cc2c(cc1-3)Sc1ccccc1S2. The van der Waals surface area contributed by atoms with E-state index in [1.807, 2.05) is 41.7 Å². The Labute approximate surface area is 325 Å². The second-order valence-corrected chi connectivity index (χ2v) is 16.7. The lowest BCUT2D eigenvalue weighted by Crippen LogP contribution is -2.15. The molecule has 3 heterocycles. The summed E-state index contributed by atoms with van der Waals surface area (Å²) in [5, 5.41) is 1.18. The van der Waals surface area contributed by atoms with Crippen LogP contribution in [0, 0.1) is 0 Å². The van der Waals surface area contributed by atoms with Gasteiger partial charge in [-0.05, 0) is 100 Å². The Morgan fingerprint density at radius 3 is 1.81 bits per heavy atom. The van der Waals surface area contributed by atoms with Gasteiger partial charge in [0.1, 0.15) is 0 Å². The molecule has 2 aliphatic rings. The van der Waals surface area contributed by atoms with Crippen LogP contribution in [0.2, 0.25) is 0 Å². The number of hydrogen-bond donors (Lipinski definition) is 0. The Bertz CT molecular complexity index is 2770. The standard InChI is InChI=1S/C50H36N2S2/c1-5-36-39-27-40-37(38-29-48-49(30-41(38)50(40,3)4)54-47-23-14-13-22-46(47)53-48)28-45(39)52(44(36)6-2)35-21-15-20-33(24-35)43-26-34(31-16-9-7-10-17-31)25-42(51-43)32-18-11-8-12-19-32/h5-30H,1-2H2,3-4H3. The van der Waals surface area contributed by atoms with Gasteiger partial charge in [-0.3, -0.25) is 0 Å². The van der Waals surface area contributed by atoms with Crippen LogP contribution in [0.25, 0.3) is 73.5 Å². The van der Waals surface area contributed by atoms with Gasteiger partial charge in [0.2, 0.25) is 0 Å². The first-order valence-corrected chi connectivity index (χ1v) is 19.9. The van der Waals surface area contributed by atoms with E-state index in [1.54, 1.807) is 0 Å². The van der Waals surface area contributed by atoms with Crippen molar-refractivity contribution < 1.29 is 0 Å². The van der Waals surface area contributed by atoms with Gasteiger partial charge in [0.25, 0.3) is 0 Å². The summed E-state index contributed by atoms with van der Waals surface area (Å²) < 4.78 is 2.35. The van der Waals surface area contributed by atoms with E-state index in [9.17, 15) is 0 Å². The first kappa shape index (κ1) is 32.8. The smallest absolute Gasteiger partial charge is 0.0716 e. The zero-order valence-corrected chi connectivity index (χ0v) is 31.8. The molecule has 1 aliphatic carbocycles. The number of benzene rings is 6. The lowest BCUT2D eigenvalue weighted by molar-refractivity contribution is 0.658. The Balaban J connectivity index is 1.15. The lowest BCUT2D eigenvalue weighted by atomic mass is 9.82. The van der Waals surface area contributed by atoms with Crippen LogP contribution < -0.4 is 0 Å². The highest BCUT2D eigenvalue weighted by atomic mass is 32.2. The molecule has 0 fully saturated rings. The van der Waals surface area contributed by atoms with E-state index in [-0.39, 0.29) is 5.41 Å². The maximum absolute atomic E-state index is 5.25. The topological polar surface area (TPSA) is 17.8 Å². The summed E-state index contributed by atoms with van der Waals surface area (Å²) in [4.78, 5) is 10.6. The highest BCUT2D eigenvalue weighted by Crippen LogP contribution is 2.56. The molecule has 1 aliphatic heterocycles. The summed E-state index contributed by atoms with van der Waals surface area (Å²) in [5.74, 6) is 0. The molecule has 0 atom stereocenters. The van der Waals surface area contributed by atoms with E-state index in [0.717, 1.165) is 56.1 Å². The molecule has 0 radical (unpaired) electrons. The first-order valence-electron chi connectivity index (χ1n) is 18.3. The van der Waals surface area contributed by atoms with Crippen LogP contribution in [0.15, 0.2) is 178 Å². The fourth-order valence-corrected chi connectivity index (χ4v) is 10.6. The van der Waals surface area contributed by atoms with Crippen molar-refractivity contribution in [3.05, 3.63) is 181 Å². The van der Waals surface area contributed by atoms with E-state index in [4.69, 9.17) is 4.98 Å². The molecule has 54 heavy (non-hydrogen) atoms. The molecular weight excluding hydrogens is 693 g/mol. The van der Waals surface area contributed by atoms with E-state index in [0.29, 0.717) is 0 Å². The number of rotatable bonds is 6. The minimum atomic E-state index is -0.156. The molecule has 0 spiro atoms. The quantitative estimate of drug-likeness (QED) is 0.170. The molecule has 4 heteroatoms. The van der Waals surface area contributed by atoms with Gasteiger partial charge >= 0.3 is 0 Å². The van der Waals surface area contributed by atoms with Crippen LogP contribution in [-0.4, -0.2) is 9.55 Å². The molecule has 10 rings (SSSR count). The average Bonchev–Trinajstić information content (AvgIpc) is 3.65. The van der Waals surface area contributed by atoms with Crippen molar-refractivity contribution in [2.45, 2.75) is 38.8 Å². The minimum absolute atomic E-state index is 0.156. The van der Waals surface area contributed by atoms with Gasteiger partial charge in [-0.2, -0.15) is 0 Å². The highest BCUT2D eigenvalue weighted by molar-refractivity contribution is 8.05. The second kappa shape index (κ2) is 12.7. The van der Waals surface area contributed by atoms with Gasteiger partial charge in [-0.25, -0.2) is 4.98 Å². The molecule has 258 valence electrons. The normalized spacial score (nSPS) is 13.5. The summed E-state index contributed by atoms with van der Waals surface area (Å²) in [6.45, 7) is 13.4. The average molecular weight is 729 g/mol. The second-order valence-electron chi connectivity index (χ2n) is 14.5. The van der Waals surface area contributed by atoms with Crippen LogP contribution in [-0.2, 0) is 5.41 Å². The third kappa shape index (κ3) is 5.16. The predicted molar refractivity (Wildman–Crippen MR) is 230 cm³/mol. The number of fused-ring (bicyclic) bond motifs is 6. The molecule has 2 aromatic heterocycles. The van der Waals surface area contributed by atoms with E-state index in [2.05, 4.69) is 171 Å².